The van der Waals surface area contributed by atoms with Crippen molar-refractivity contribution in [1.82, 2.24) is 0 Å². The lowest BCUT2D eigenvalue weighted by Crippen LogP contribution is -2.21. The highest BCUT2D eigenvalue weighted by Crippen LogP contribution is 2.12. The number of methoxy groups -OCH3 is 2. The number of benzene rings is 1. The molecule has 0 N–H and O–H groups in total. The van der Waals surface area contributed by atoms with Gasteiger partial charge in [-0.2, -0.15) is 0 Å². The van der Waals surface area contributed by atoms with Crippen LogP contribution in [0.4, 0.5) is 0 Å². The van der Waals surface area contributed by atoms with E-state index in [4.69, 9.17) is 9.47 Å². The Morgan fingerprint density at radius 1 is 1.25 bits per heavy atom. The molecule has 88 valence electrons. The van der Waals surface area contributed by atoms with Crippen LogP contribution in [0.15, 0.2) is 24.3 Å². The van der Waals surface area contributed by atoms with Crippen LogP contribution in [0.2, 0.25) is 0 Å². The summed E-state index contributed by atoms with van der Waals surface area (Å²) in [6, 6.07) is 7.48. The van der Waals surface area contributed by atoms with Gasteiger partial charge in [0.25, 0.3) is 0 Å². The fourth-order valence-electron chi connectivity index (χ4n) is 1.18. The van der Waals surface area contributed by atoms with Crippen molar-refractivity contribution in [3.05, 3.63) is 29.8 Å². The van der Waals surface area contributed by atoms with E-state index in [1.54, 1.807) is 14.0 Å². The smallest absolute Gasteiger partial charge is 0.334 e. The van der Waals surface area contributed by atoms with Gasteiger partial charge in [0, 0.05) is 0 Å². The summed E-state index contributed by atoms with van der Waals surface area (Å²) in [7, 11) is 2.96. The maximum Gasteiger partial charge on any atom is 0.334 e. The Bertz CT molecular complexity index is 331. The number of hydrogen-bond donors (Lipinski definition) is 0. The highest BCUT2D eigenvalue weighted by Gasteiger charge is 2.12. The summed E-state index contributed by atoms with van der Waals surface area (Å²) in [5.41, 5.74) is 0.983. The first-order chi connectivity index (χ1) is 7.67. The Labute approximate surface area is 95.1 Å². The van der Waals surface area contributed by atoms with E-state index in [0.29, 0.717) is 6.61 Å². The van der Waals surface area contributed by atoms with Crippen molar-refractivity contribution in [3.8, 4) is 5.75 Å². The Hall–Kier alpha value is -1.55. The van der Waals surface area contributed by atoms with Crippen molar-refractivity contribution in [3.63, 3.8) is 0 Å². The van der Waals surface area contributed by atoms with E-state index < -0.39 is 6.10 Å². The number of hydrogen-bond acceptors (Lipinski definition) is 4. The summed E-state index contributed by atoms with van der Waals surface area (Å²) >= 11 is 0. The molecule has 1 aromatic carbocycles. The minimum absolute atomic E-state index is 0.367. The van der Waals surface area contributed by atoms with Gasteiger partial charge in [-0.05, 0) is 24.6 Å². The summed E-state index contributed by atoms with van der Waals surface area (Å²) in [6.45, 7) is 2.04. The molecule has 0 heterocycles. The van der Waals surface area contributed by atoms with E-state index in [9.17, 15) is 4.79 Å². The van der Waals surface area contributed by atoms with Crippen LogP contribution >= 0.6 is 0 Å². The van der Waals surface area contributed by atoms with Gasteiger partial charge in [-0.3, -0.25) is 0 Å². The molecule has 0 aliphatic carbocycles. The summed E-state index contributed by atoms with van der Waals surface area (Å²) in [5.74, 6) is 0.429. The van der Waals surface area contributed by atoms with E-state index in [-0.39, 0.29) is 5.97 Å². The second-order valence-corrected chi connectivity index (χ2v) is 3.32. The van der Waals surface area contributed by atoms with Crippen molar-refractivity contribution < 1.29 is 19.0 Å². The second-order valence-electron chi connectivity index (χ2n) is 3.32. The van der Waals surface area contributed by atoms with E-state index in [2.05, 4.69) is 4.74 Å². The van der Waals surface area contributed by atoms with E-state index >= 15 is 0 Å². The lowest BCUT2D eigenvalue weighted by Gasteiger charge is -2.10. The van der Waals surface area contributed by atoms with Gasteiger partial charge < -0.3 is 14.2 Å². The molecule has 1 aromatic rings. The minimum Gasteiger partial charge on any atom is -0.497 e. The van der Waals surface area contributed by atoms with Crippen LogP contribution < -0.4 is 4.74 Å². The Morgan fingerprint density at radius 2 is 1.88 bits per heavy atom. The predicted molar refractivity (Wildman–Crippen MR) is 59.3 cm³/mol. The molecule has 0 aliphatic heterocycles. The van der Waals surface area contributed by atoms with Gasteiger partial charge in [-0.25, -0.2) is 4.79 Å². The van der Waals surface area contributed by atoms with Crippen molar-refractivity contribution in [2.24, 2.45) is 0 Å². The third kappa shape index (κ3) is 3.55. The van der Waals surface area contributed by atoms with E-state index in [0.717, 1.165) is 11.3 Å². The number of carbonyl (C=O) groups excluding carboxylic acids is 1. The van der Waals surface area contributed by atoms with Crippen LogP contribution in [0.1, 0.15) is 12.5 Å². The Kier molecular flexibility index (Phi) is 4.79. The lowest BCUT2D eigenvalue weighted by molar-refractivity contribution is -0.153. The SMILES string of the molecule is COC(=O)[C@H](C)OCc1ccc(OC)cc1. The summed E-state index contributed by atoms with van der Waals surface area (Å²) in [6.07, 6.45) is -0.549. The first kappa shape index (κ1) is 12.5. The molecule has 0 bridgehead atoms. The molecule has 0 fully saturated rings. The van der Waals surface area contributed by atoms with Crippen LogP contribution in [-0.2, 0) is 20.9 Å². The van der Waals surface area contributed by atoms with Gasteiger partial charge in [-0.15, -0.1) is 0 Å². The van der Waals surface area contributed by atoms with Crippen LogP contribution in [0.3, 0.4) is 0 Å². The lowest BCUT2D eigenvalue weighted by atomic mass is 10.2. The first-order valence-corrected chi connectivity index (χ1v) is 4.99. The van der Waals surface area contributed by atoms with Gasteiger partial charge in [0.15, 0.2) is 6.10 Å². The zero-order valence-corrected chi connectivity index (χ0v) is 9.73. The van der Waals surface area contributed by atoms with Gasteiger partial charge in [-0.1, -0.05) is 12.1 Å². The highest BCUT2D eigenvalue weighted by molar-refractivity contribution is 5.73. The van der Waals surface area contributed by atoms with Gasteiger partial charge in [0.05, 0.1) is 20.8 Å². The Morgan fingerprint density at radius 3 is 2.38 bits per heavy atom. The average Bonchev–Trinajstić information content (AvgIpc) is 2.35. The van der Waals surface area contributed by atoms with Crippen LogP contribution in [0, 0.1) is 0 Å². The first-order valence-electron chi connectivity index (χ1n) is 4.99. The maximum absolute atomic E-state index is 11.1. The normalized spacial score (nSPS) is 11.9. The third-order valence-electron chi connectivity index (χ3n) is 2.19. The topological polar surface area (TPSA) is 44.8 Å². The zero-order valence-electron chi connectivity index (χ0n) is 9.73. The standard InChI is InChI=1S/C12H16O4/c1-9(12(13)15-3)16-8-10-4-6-11(14-2)7-5-10/h4-7,9H,8H2,1-3H3/t9-/m0/s1. The molecule has 0 amide bonds. The Balaban J connectivity index is 2.45. The largest absolute Gasteiger partial charge is 0.497 e. The summed E-state index contributed by atoms with van der Waals surface area (Å²) in [4.78, 5) is 11.1. The summed E-state index contributed by atoms with van der Waals surface area (Å²) < 4.78 is 14.9. The van der Waals surface area contributed by atoms with Crippen molar-refractivity contribution in [1.29, 1.82) is 0 Å². The molecule has 0 aromatic heterocycles. The molecule has 0 saturated carbocycles. The van der Waals surface area contributed by atoms with Crippen molar-refractivity contribution >= 4 is 5.97 Å². The third-order valence-corrected chi connectivity index (χ3v) is 2.19. The van der Waals surface area contributed by atoms with Gasteiger partial charge in [0.2, 0.25) is 0 Å². The molecular formula is C12H16O4. The number of esters is 1. The molecular weight excluding hydrogens is 208 g/mol. The predicted octanol–water partition coefficient (Wildman–Crippen LogP) is 1.77. The maximum atomic E-state index is 11.1. The van der Waals surface area contributed by atoms with Crippen LogP contribution in [0.25, 0.3) is 0 Å². The molecule has 1 atom stereocenters. The van der Waals surface area contributed by atoms with Crippen molar-refractivity contribution in [2.75, 3.05) is 14.2 Å². The fraction of sp³-hybridized carbons (Fsp3) is 0.417. The summed E-state index contributed by atoms with van der Waals surface area (Å²) in [5, 5.41) is 0. The monoisotopic (exact) mass is 224 g/mol. The molecule has 1 rings (SSSR count). The van der Waals surface area contributed by atoms with E-state index in [1.807, 2.05) is 24.3 Å². The molecule has 0 aliphatic rings. The molecule has 0 saturated heterocycles. The van der Waals surface area contributed by atoms with Crippen LogP contribution in [-0.4, -0.2) is 26.3 Å². The number of carbonyl (C=O) groups is 1. The van der Waals surface area contributed by atoms with Gasteiger partial charge >= 0.3 is 5.97 Å². The van der Waals surface area contributed by atoms with E-state index in [1.165, 1.54) is 7.11 Å². The van der Waals surface area contributed by atoms with Crippen LogP contribution in [0.5, 0.6) is 5.75 Å². The number of rotatable bonds is 5. The minimum atomic E-state index is -0.549. The molecule has 16 heavy (non-hydrogen) atoms. The highest BCUT2D eigenvalue weighted by atomic mass is 16.6. The molecule has 0 spiro atoms. The molecule has 0 unspecified atom stereocenters. The fourth-order valence-corrected chi connectivity index (χ4v) is 1.18. The average molecular weight is 224 g/mol. The molecule has 4 nitrogen and oxygen atoms in total. The molecule has 0 radical (unpaired) electrons. The van der Waals surface area contributed by atoms with Gasteiger partial charge in [0.1, 0.15) is 5.75 Å². The second kappa shape index (κ2) is 6.12. The quantitative estimate of drug-likeness (QED) is 0.715. The number of ether oxygens (including phenoxy) is 3. The molecule has 4 heteroatoms. The van der Waals surface area contributed by atoms with Crippen molar-refractivity contribution in [2.45, 2.75) is 19.6 Å². The zero-order chi connectivity index (χ0) is 12.0.